The lowest BCUT2D eigenvalue weighted by molar-refractivity contribution is 0.556. The van der Waals surface area contributed by atoms with E-state index in [1.807, 2.05) is 0 Å². The van der Waals surface area contributed by atoms with E-state index in [1.54, 1.807) is 25.1 Å². The summed E-state index contributed by atoms with van der Waals surface area (Å²) in [6.45, 7) is 1.63. The van der Waals surface area contributed by atoms with E-state index in [2.05, 4.69) is 0 Å². The Morgan fingerprint density at radius 2 is 1.83 bits per heavy atom. The maximum Gasteiger partial charge on any atom is 0.333 e. The van der Waals surface area contributed by atoms with Gasteiger partial charge in [0, 0.05) is 0 Å². The predicted molar refractivity (Wildman–Crippen MR) is 44.1 cm³/mol. The minimum absolute atomic E-state index is 0.0278. The molecule has 0 amide bonds. The van der Waals surface area contributed by atoms with Crippen LogP contribution in [0.4, 0.5) is 0 Å². The molecule has 0 aliphatic heterocycles. The van der Waals surface area contributed by atoms with Crippen LogP contribution in [-0.4, -0.2) is 14.0 Å². The van der Waals surface area contributed by atoms with Gasteiger partial charge >= 0.3 is 5.62 Å². The Kier molecular flexibility index (Phi) is 2.28. The lowest BCUT2D eigenvalue weighted by atomic mass is 10.2. The van der Waals surface area contributed by atoms with Crippen LogP contribution >= 0.6 is 0 Å². The van der Waals surface area contributed by atoms with Crippen LogP contribution < -0.4 is 0 Å². The summed E-state index contributed by atoms with van der Waals surface area (Å²) >= 11 is 0. The number of rotatable bonds is 2. The van der Waals surface area contributed by atoms with E-state index in [4.69, 9.17) is 0 Å². The zero-order valence-electron chi connectivity index (χ0n) is 6.44. The topological polar surface area (TPSA) is 51.2 Å². The molecule has 0 saturated carbocycles. The smallest absolute Gasteiger partial charge is 0.271 e. The van der Waals surface area contributed by atoms with Crippen molar-refractivity contribution in [1.82, 2.24) is 0 Å². The van der Waals surface area contributed by atoms with E-state index in [0.717, 1.165) is 5.62 Å². The molecule has 4 heteroatoms. The van der Waals surface area contributed by atoms with E-state index in [0.29, 0.717) is 5.56 Å². The quantitative estimate of drug-likeness (QED) is 0.682. The maximum atomic E-state index is 11.0. The molecule has 0 fully saturated rings. The lowest BCUT2D eigenvalue weighted by Crippen LogP contribution is -2.03. The number of hydrogen-bond donors (Lipinski definition) is 0. The fourth-order valence-corrected chi connectivity index (χ4v) is 1.74. The van der Waals surface area contributed by atoms with Gasteiger partial charge in [0.2, 0.25) is 9.84 Å². The van der Waals surface area contributed by atoms with Gasteiger partial charge in [-0.1, -0.05) is 18.2 Å². The zero-order valence-corrected chi connectivity index (χ0v) is 7.26. The van der Waals surface area contributed by atoms with E-state index in [1.165, 1.54) is 6.07 Å². The first-order valence-electron chi connectivity index (χ1n) is 3.27. The van der Waals surface area contributed by atoms with Crippen molar-refractivity contribution in [2.45, 2.75) is 11.8 Å². The normalized spacial score (nSPS) is 11.1. The Hall–Kier alpha value is -1.16. The molecular formula is C8H7O3S. The Morgan fingerprint density at radius 3 is 2.33 bits per heavy atom. The van der Waals surface area contributed by atoms with Crippen LogP contribution in [0.25, 0.3) is 0 Å². The monoisotopic (exact) mass is 183 g/mol. The summed E-state index contributed by atoms with van der Waals surface area (Å²) in [7, 11) is -3.83. The first kappa shape index (κ1) is 8.93. The molecule has 0 unspecified atom stereocenters. The van der Waals surface area contributed by atoms with Crippen molar-refractivity contribution < 1.29 is 13.2 Å². The molecule has 1 aromatic carbocycles. The van der Waals surface area contributed by atoms with Crippen molar-refractivity contribution in [2.24, 2.45) is 0 Å². The minimum Gasteiger partial charge on any atom is -0.271 e. The highest BCUT2D eigenvalue weighted by molar-refractivity contribution is 8.04. The molecule has 0 aliphatic rings. The van der Waals surface area contributed by atoms with Crippen molar-refractivity contribution in [2.75, 3.05) is 0 Å². The third kappa shape index (κ3) is 1.53. The van der Waals surface area contributed by atoms with Crippen LogP contribution in [0.1, 0.15) is 5.56 Å². The third-order valence-electron chi connectivity index (χ3n) is 1.49. The average molecular weight is 183 g/mol. The first-order chi connectivity index (χ1) is 5.58. The predicted octanol–water partition coefficient (Wildman–Crippen LogP) is 0.836. The second-order valence-corrected chi connectivity index (χ2v) is 3.97. The number of benzene rings is 1. The average Bonchev–Trinajstić information content (AvgIpc) is 2.05. The zero-order chi connectivity index (χ0) is 9.19. The summed E-state index contributed by atoms with van der Waals surface area (Å²) in [5, 5.41) is 0. The second kappa shape index (κ2) is 3.06. The van der Waals surface area contributed by atoms with Crippen LogP contribution in [0, 0.1) is 6.92 Å². The van der Waals surface area contributed by atoms with E-state index in [9.17, 15) is 13.2 Å². The van der Waals surface area contributed by atoms with Crippen LogP contribution in [0.2, 0.25) is 0 Å². The summed E-state index contributed by atoms with van der Waals surface area (Å²) in [6.07, 6.45) is 0. The molecule has 0 heterocycles. The summed E-state index contributed by atoms with van der Waals surface area (Å²) in [5.41, 5.74) is 1.58. The van der Waals surface area contributed by atoms with Gasteiger partial charge in [0.1, 0.15) is 0 Å². The SMILES string of the molecule is Cc1ccccc1S(=O)(=O)[C]=O. The molecule has 0 saturated heterocycles. The van der Waals surface area contributed by atoms with Gasteiger partial charge in [-0.25, -0.2) is 8.42 Å². The van der Waals surface area contributed by atoms with Gasteiger partial charge < -0.3 is 0 Å². The Morgan fingerprint density at radius 1 is 1.25 bits per heavy atom. The summed E-state index contributed by atoms with van der Waals surface area (Å²) < 4.78 is 22.0. The molecule has 0 aliphatic carbocycles. The van der Waals surface area contributed by atoms with E-state index < -0.39 is 9.84 Å². The first-order valence-corrected chi connectivity index (χ1v) is 4.76. The van der Waals surface area contributed by atoms with Crippen LogP contribution in [0.15, 0.2) is 29.2 Å². The lowest BCUT2D eigenvalue weighted by Gasteiger charge is -1.98. The van der Waals surface area contributed by atoms with Crippen LogP contribution in [-0.2, 0) is 14.6 Å². The molecule has 0 bridgehead atoms. The molecule has 0 atom stereocenters. The largest absolute Gasteiger partial charge is 0.333 e. The number of hydrogen-bond acceptors (Lipinski definition) is 3. The van der Waals surface area contributed by atoms with Gasteiger partial charge in [-0.2, -0.15) is 0 Å². The molecule has 63 valence electrons. The van der Waals surface area contributed by atoms with E-state index >= 15 is 0 Å². The standard InChI is InChI=1S/C8H7O3S/c1-7-4-2-3-5-8(7)12(10,11)6-9/h2-5H,1H3. The Balaban J connectivity index is 3.39. The fraction of sp³-hybridized carbons (Fsp3) is 0.125. The van der Waals surface area contributed by atoms with Crippen LogP contribution in [0.5, 0.6) is 0 Å². The highest BCUT2D eigenvalue weighted by atomic mass is 32.2. The summed E-state index contributed by atoms with van der Waals surface area (Å²) in [5.74, 6) is 0. The molecule has 12 heavy (non-hydrogen) atoms. The summed E-state index contributed by atoms with van der Waals surface area (Å²) in [6, 6.07) is 6.29. The number of aryl methyl sites for hydroxylation is 1. The Labute approximate surface area is 70.9 Å². The van der Waals surface area contributed by atoms with Crippen molar-refractivity contribution in [3.63, 3.8) is 0 Å². The van der Waals surface area contributed by atoms with Gasteiger partial charge in [0.15, 0.2) is 0 Å². The van der Waals surface area contributed by atoms with E-state index in [-0.39, 0.29) is 4.90 Å². The van der Waals surface area contributed by atoms with Gasteiger partial charge in [-0.3, -0.25) is 4.79 Å². The highest BCUT2D eigenvalue weighted by Crippen LogP contribution is 2.13. The summed E-state index contributed by atoms with van der Waals surface area (Å²) in [4.78, 5) is 10.1. The minimum atomic E-state index is -3.83. The van der Waals surface area contributed by atoms with Crippen molar-refractivity contribution in [3.05, 3.63) is 29.8 Å². The molecule has 0 aromatic heterocycles. The maximum absolute atomic E-state index is 11.0. The van der Waals surface area contributed by atoms with Crippen molar-refractivity contribution in [3.8, 4) is 0 Å². The number of sulfone groups is 1. The molecule has 1 radical (unpaired) electrons. The Bertz CT molecular complexity index is 393. The highest BCUT2D eigenvalue weighted by Gasteiger charge is 2.15. The van der Waals surface area contributed by atoms with Crippen molar-refractivity contribution in [1.29, 1.82) is 0 Å². The third-order valence-corrected chi connectivity index (χ3v) is 2.75. The van der Waals surface area contributed by atoms with Gasteiger partial charge in [-0.15, -0.1) is 0 Å². The van der Waals surface area contributed by atoms with Crippen LogP contribution in [0.3, 0.4) is 0 Å². The molecule has 0 N–H and O–H groups in total. The van der Waals surface area contributed by atoms with Gasteiger partial charge in [0.25, 0.3) is 0 Å². The van der Waals surface area contributed by atoms with Gasteiger partial charge in [0.05, 0.1) is 4.90 Å². The number of carbonyl (C=O) groups excluding carboxylic acids is 1. The molecule has 1 aromatic rings. The second-order valence-electron chi connectivity index (χ2n) is 2.35. The molecule has 3 nitrogen and oxygen atoms in total. The molecular weight excluding hydrogens is 176 g/mol. The molecule has 0 spiro atoms. The van der Waals surface area contributed by atoms with Crippen molar-refractivity contribution >= 4 is 15.5 Å². The van der Waals surface area contributed by atoms with Gasteiger partial charge in [-0.05, 0) is 18.6 Å². The molecule has 1 rings (SSSR count). The fourth-order valence-electron chi connectivity index (χ4n) is 0.903.